The molecule has 1 spiro atoms. The van der Waals surface area contributed by atoms with Gasteiger partial charge in [0.15, 0.2) is 5.96 Å². The number of methoxy groups -OCH3 is 1. The predicted octanol–water partition coefficient (Wildman–Crippen LogP) is 3.45. The Bertz CT molecular complexity index is 1420. The van der Waals surface area contributed by atoms with Crippen LogP contribution in [0.25, 0.3) is 0 Å². The summed E-state index contributed by atoms with van der Waals surface area (Å²) in [6.45, 7) is 3.67. The van der Waals surface area contributed by atoms with Gasteiger partial charge in [0.1, 0.15) is 6.04 Å². The number of hydrogen-bond donors (Lipinski definition) is 4. The molecule has 11 heteroatoms. The summed E-state index contributed by atoms with van der Waals surface area (Å²) in [7, 11) is 1.76. The summed E-state index contributed by atoms with van der Waals surface area (Å²) in [6.07, 6.45) is 6.22. The number of nitrogens with two attached hydrogens (primary N) is 1. The number of likely N-dealkylation sites (tertiary alicyclic amines) is 1. The van der Waals surface area contributed by atoms with Gasteiger partial charge in [-0.1, -0.05) is 12.1 Å². The van der Waals surface area contributed by atoms with E-state index in [4.69, 9.17) is 15.9 Å². The second-order valence-electron chi connectivity index (χ2n) is 12.8. The number of nitrogens with one attached hydrogen (secondary N) is 2. The van der Waals surface area contributed by atoms with Crippen molar-refractivity contribution in [3.63, 3.8) is 0 Å². The quantitative estimate of drug-likeness (QED) is 0.290. The van der Waals surface area contributed by atoms with Crippen molar-refractivity contribution >= 4 is 35.1 Å². The number of carbonyl (C=O) groups excluding carboxylic acids is 2. The van der Waals surface area contributed by atoms with Gasteiger partial charge in [-0.15, -0.1) is 0 Å². The molecule has 0 bridgehead atoms. The minimum absolute atomic E-state index is 0.0166. The fourth-order valence-electron chi connectivity index (χ4n) is 7.73. The molecule has 5 N–H and O–H groups in total. The molecule has 1 saturated carbocycles. The largest absolute Gasteiger partial charge is 0.478 e. The molecule has 2 aromatic rings. The van der Waals surface area contributed by atoms with Crippen LogP contribution in [-0.4, -0.2) is 84.6 Å². The number of carboxylic acids is 1. The van der Waals surface area contributed by atoms with E-state index in [-0.39, 0.29) is 40.8 Å². The van der Waals surface area contributed by atoms with Gasteiger partial charge in [-0.25, -0.2) is 4.79 Å². The standard InChI is InChI=1S/C33H42N6O5/c1-44-24-9-14-37(15-10-24)27-4-2-3-26-25(27)11-16-39(28(26)29(40)36-23-7-5-21(6-8-23)31(42)43)30(41)22-19-33(20-22)12-17-38(18-13-33)32(34)35/h2-8,22,24,28H,9-20H2,1H3,(H3,34,35)(H,36,40)(H,42,43)/t28-/m1/s1. The molecule has 44 heavy (non-hydrogen) atoms. The number of fused-ring (bicyclic) bond motifs is 1. The maximum Gasteiger partial charge on any atom is 0.335 e. The summed E-state index contributed by atoms with van der Waals surface area (Å²) >= 11 is 0. The number of ether oxygens (including phenoxy) is 1. The first-order valence-electron chi connectivity index (χ1n) is 15.6. The van der Waals surface area contributed by atoms with Gasteiger partial charge in [0.05, 0.1) is 11.7 Å². The summed E-state index contributed by atoms with van der Waals surface area (Å²) in [6, 6.07) is 11.4. The first-order valence-corrected chi connectivity index (χ1v) is 15.6. The van der Waals surface area contributed by atoms with Gasteiger partial charge in [-0.2, -0.15) is 0 Å². The van der Waals surface area contributed by atoms with Gasteiger partial charge >= 0.3 is 5.97 Å². The average Bonchev–Trinajstić information content (AvgIpc) is 3.02. The van der Waals surface area contributed by atoms with Crippen molar-refractivity contribution < 1.29 is 24.2 Å². The van der Waals surface area contributed by atoms with Crippen LogP contribution in [0.2, 0.25) is 0 Å². The number of rotatable bonds is 6. The number of amides is 2. The Morgan fingerprint density at radius 2 is 1.68 bits per heavy atom. The molecule has 2 amide bonds. The molecule has 1 atom stereocenters. The van der Waals surface area contributed by atoms with Crippen LogP contribution in [0.4, 0.5) is 11.4 Å². The Hall–Kier alpha value is -4.12. The van der Waals surface area contributed by atoms with Crippen molar-refractivity contribution in [1.82, 2.24) is 9.80 Å². The monoisotopic (exact) mass is 602 g/mol. The number of hydrogen-bond acceptors (Lipinski definition) is 6. The van der Waals surface area contributed by atoms with Crippen LogP contribution in [0.15, 0.2) is 42.5 Å². The first-order chi connectivity index (χ1) is 21.2. The van der Waals surface area contributed by atoms with Crippen molar-refractivity contribution in [3.8, 4) is 0 Å². The Kier molecular flexibility index (Phi) is 8.24. The molecule has 6 rings (SSSR count). The SMILES string of the molecule is COC1CCN(c2cccc3c2CCN(C(=O)C2CC4(CCN(C(=N)N)CC4)C2)[C@H]3C(=O)Nc2ccc(C(=O)O)cc2)CC1. The lowest BCUT2D eigenvalue weighted by atomic mass is 9.57. The molecular formula is C33H42N6O5. The van der Waals surface area contributed by atoms with Crippen LogP contribution in [0.1, 0.15) is 66.1 Å². The van der Waals surface area contributed by atoms with E-state index in [1.54, 1.807) is 24.1 Å². The van der Waals surface area contributed by atoms with Gasteiger partial charge in [0.2, 0.25) is 5.91 Å². The third kappa shape index (κ3) is 5.72. The van der Waals surface area contributed by atoms with Gasteiger partial charge in [0, 0.05) is 57.1 Å². The third-order valence-corrected chi connectivity index (χ3v) is 10.3. The molecule has 3 heterocycles. The van der Waals surface area contributed by atoms with Crippen molar-refractivity contribution in [1.29, 1.82) is 5.41 Å². The summed E-state index contributed by atoms with van der Waals surface area (Å²) in [5.41, 5.74) is 9.49. The van der Waals surface area contributed by atoms with Gasteiger partial charge < -0.3 is 35.6 Å². The van der Waals surface area contributed by atoms with Crippen LogP contribution in [0.3, 0.4) is 0 Å². The minimum atomic E-state index is -1.03. The lowest BCUT2D eigenvalue weighted by Crippen LogP contribution is -2.55. The normalized spacial score (nSPS) is 21.8. The fraction of sp³-hybridized carbons (Fsp3) is 0.515. The van der Waals surface area contributed by atoms with E-state index in [1.807, 2.05) is 17.0 Å². The van der Waals surface area contributed by atoms with E-state index in [9.17, 15) is 19.5 Å². The summed E-state index contributed by atoms with van der Waals surface area (Å²) < 4.78 is 5.58. The molecule has 0 aromatic heterocycles. The van der Waals surface area contributed by atoms with Crippen LogP contribution in [-0.2, 0) is 20.7 Å². The second kappa shape index (κ2) is 12.1. The molecular weight excluding hydrogens is 560 g/mol. The summed E-state index contributed by atoms with van der Waals surface area (Å²) in [4.78, 5) is 45.6. The highest BCUT2D eigenvalue weighted by Crippen LogP contribution is 2.54. The van der Waals surface area contributed by atoms with Crippen molar-refractivity contribution in [2.45, 2.75) is 57.1 Å². The van der Waals surface area contributed by atoms with Crippen molar-refractivity contribution in [3.05, 3.63) is 59.2 Å². The highest BCUT2D eigenvalue weighted by atomic mass is 16.5. The van der Waals surface area contributed by atoms with E-state index in [1.165, 1.54) is 12.1 Å². The highest BCUT2D eigenvalue weighted by molar-refractivity contribution is 5.99. The van der Waals surface area contributed by atoms with Crippen molar-refractivity contribution in [2.24, 2.45) is 17.1 Å². The number of carboxylic acid groups (broad SMARTS) is 1. The molecule has 3 fully saturated rings. The summed E-state index contributed by atoms with van der Waals surface area (Å²) in [5.74, 6) is -1.35. The van der Waals surface area contributed by atoms with Gasteiger partial charge in [-0.3, -0.25) is 15.0 Å². The number of nitrogens with zero attached hydrogens (tertiary/aromatic N) is 3. The Balaban J connectivity index is 1.25. The number of piperidine rings is 2. The molecule has 11 nitrogen and oxygen atoms in total. The third-order valence-electron chi connectivity index (χ3n) is 10.3. The number of carbonyl (C=O) groups is 3. The predicted molar refractivity (Wildman–Crippen MR) is 167 cm³/mol. The Morgan fingerprint density at radius 3 is 2.30 bits per heavy atom. The number of aromatic carboxylic acids is 1. The molecule has 234 valence electrons. The average molecular weight is 603 g/mol. The maximum absolute atomic E-state index is 14.1. The topological polar surface area (TPSA) is 152 Å². The molecule has 3 aliphatic heterocycles. The van der Waals surface area contributed by atoms with E-state index >= 15 is 0 Å². The maximum atomic E-state index is 14.1. The molecule has 1 aliphatic carbocycles. The van der Waals surface area contributed by atoms with Crippen LogP contribution in [0, 0.1) is 16.7 Å². The lowest BCUT2D eigenvalue weighted by molar-refractivity contribution is -0.151. The minimum Gasteiger partial charge on any atom is -0.478 e. The molecule has 2 aromatic carbocycles. The molecule has 0 radical (unpaired) electrons. The van der Waals surface area contributed by atoms with Crippen LogP contribution in [0.5, 0.6) is 0 Å². The van der Waals surface area contributed by atoms with Crippen molar-refractivity contribution in [2.75, 3.05) is 50.1 Å². The van der Waals surface area contributed by atoms with E-state index in [2.05, 4.69) is 16.3 Å². The number of anilines is 2. The summed E-state index contributed by atoms with van der Waals surface area (Å²) in [5, 5.41) is 20.0. The second-order valence-corrected chi connectivity index (χ2v) is 12.8. The fourth-order valence-corrected chi connectivity index (χ4v) is 7.73. The smallest absolute Gasteiger partial charge is 0.335 e. The Morgan fingerprint density at radius 1 is 1.00 bits per heavy atom. The zero-order chi connectivity index (χ0) is 31.0. The van der Waals surface area contributed by atoms with E-state index in [0.29, 0.717) is 18.7 Å². The zero-order valence-corrected chi connectivity index (χ0v) is 25.3. The highest BCUT2D eigenvalue weighted by Gasteiger charge is 2.51. The van der Waals surface area contributed by atoms with E-state index < -0.39 is 12.0 Å². The van der Waals surface area contributed by atoms with Crippen LogP contribution < -0.4 is 16.0 Å². The lowest BCUT2D eigenvalue weighted by Gasteiger charge is -2.53. The first kappa shape index (κ1) is 29.9. The van der Waals surface area contributed by atoms with Gasteiger partial charge in [-0.05, 0) is 91.8 Å². The van der Waals surface area contributed by atoms with Crippen LogP contribution >= 0.6 is 0 Å². The van der Waals surface area contributed by atoms with Gasteiger partial charge in [0.25, 0.3) is 5.91 Å². The zero-order valence-electron chi connectivity index (χ0n) is 25.3. The Labute approximate surface area is 257 Å². The molecule has 0 unspecified atom stereocenters. The molecule has 2 saturated heterocycles. The van der Waals surface area contributed by atoms with E-state index in [0.717, 1.165) is 81.5 Å². The number of guanidine groups is 1. The molecule has 4 aliphatic rings. The number of benzene rings is 2.